The van der Waals surface area contributed by atoms with Gasteiger partial charge in [0.1, 0.15) is 17.8 Å². The molecule has 2 amide bonds. The van der Waals surface area contributed by atoms with Crippen LogP contribution in [0.4, 0.5) is 0 Å². The minimum atomic E-state index is -0.720. The Morgan fingerprint density at radius 2 is 1.78 bits per heavy atom. The molecule has 2 N–H and O–H groups in total. The fourth-order valence-corrected chi connectivity index (χ4v) is 3.26. The van der Waals surface area contributed by atoms with Crippen molar-refractivity contribution >= 4 is 11.8 Å². The normalized spacial score (nSPS) is 12.8. The van der Waals surface area contributed by atoms with E-state index in [9.17, 15) is 9.59 Å². The molecule has 0 bridgehead atoms. The number of benzene rings is 2. The molecule has 168 valence electrons. The van der Waals surface area contributed by atoms with Crippen LogP contribution in [0.15, 0.2) is 53.1 Å². The van der Waals surface area contributed by atoms with Crippen LogP contribution in [0, 0.1) is 12.8 Å². The Bertz CT molecular complexity index is 1090. The van der Waals surface area contributed by atoms with Crippen molar-refractivity contribution in [1.82, 2.24) is 20.8 Å². The Hall–Kier alpha value is -3.68. The van der Waals surface area contributed by atoms with E-state index in [4.69, 9.17) is 9.26 Å². The monoisotopic (exact) mass is 436 g/mol. The van der Waals surface area contributed by atoms with E-state index in [-0.39, 0.29) is 23.6 Å². The van der Waals surface area contributed by atoms with Crippen molar-refractivity contribution in [3.63, 3.8) is 0 Å². The third-order valence-electron chi connectivity index (χ3n) is 5.03. The predicted molar refractivity (Wildman–Crippen MR) is 120 cm³/mol. The molecule has 1 heterocycles. The lowest BCUT2D eigenvalue weighted by molar-refractivity contribution is -0.124. The number of hydrogen-bond donors (Lipinski definition) is 2. The number of nitrogens with zero attached hydrogens (tertiary/aromatic N) is 2. The number of nitrogens with one attached hydrogen (secondary N) is 2. The molecule has 0 radical (unpaired) electrons. The number of ether oxygens (including phenoxy) is 1. The Morgan fingerprint density at radius 1 is 1.03 bits per heavy atom. The molecular weight excluding hydrogens is 408 g/mol. The van der Waals surface area contributed by atoms with Gasteiger partial charge in [-0.3, -0.25) is 9.59 Å². The molecule has 0 aliphatic heterocycles. The number of aromatic nitrogens is 2. The molecule has 0 aliphatic carbocycles. The first-order valence-electron chi connectivity index (χ1n) is 10.4. The molecule has 3 rings (SSSR count). The summed E-state index contributed by atoms with van der Waals surface area (Å²) in [4.78, 5) is 30.0. The molecule has 32 heavy (non-hydrogen) atoms. The molecule has 2 atom stereocenters. The summed E-state index contributed by atoms with van der Waals surface area (Å²) in [5, 5.41) is 9.70. The minimum Gasteiger partial charge on any atom is -0.496 e. The number of aryl methyl sites for hydroxylation is 1. The fraction of sp³-hybridized carbons (Fsp3) is 0.333. The number of carbonyl (C=O) groups excluding carboxylic acids is 2. The summed E-state index contributed by atoms with van der Waals surface area (Å²) in [6.45, 7) is 7.40. The van der Waals surface area contributed by atoms with E-state index in [2.05, 4.69) is 20.8 Å². The van der Waals surface area contributed by atoms with Crippen LogP contribution in [-0.2, 0) is 4.79 Å². The highest BCUT2D eigenvalue weighted by Crippen LogP contribution is 2.28. The maximum absolute atomic E-state index is 12.9. The molecule has 0 fully saturated rings. The highest BCUT2D eigenvalue weighted by atomic mass is 16.5. The van der Waals surface area contributed by atoms with Gasteiger partial charge >= 0.3 is 0 Å². The van der Waals surface area contributed by atoms with Crippen LogP contribution in [0.25, 0.3) is 11.4 Å². The van der Waals surface area contributed by atoms with E-state index in [0.717, 1.165) is 5.56 Å². The van der Waals surface area contributed by atoms with E-state index in [1.807, 2.05) is 51.1 Å². The Morgan fingerprint density at radius 3 is 2.47 bits per heavy atom. The first kappa shape index (κ1) is 23.0. The van der Waals surface area contributed by atoms with E-state index >= 15 is 0 Å². The molecular formula is C24H28N4O4. The van der Waals surface area contributed by atoms with Crippen LogP contribution in [-0.4, -0.2) is 35.1 Å². The van der Waals surface area contributed by atoms with Gasteiger partial charge in [0.15, 0.2) is 0 Å². The van der Waals surface area contributed by atoms with Gasteiger partial charge < -0.3 is 19.9 Å². The van der Waals surface area contributed by atoms with Crippen LogP contribution in [0.1, 0.15) is 48.6 Å². The number of hydrogen-bond acceptors (Lipinski definition) is 6. The molecule has 0 saturated heterocycles. The predicted octanol–water partition coefficient (Wildman–Crippen LogP) is 3.69. The zero-order chi connectivity index (χ0) is 23.3. The quantitative estimate of drug-likeness (QED) is 0.558. The highest BCUT2D eigenvalue weighted by molar-refractivity contribution is 5.97. The van der Waals surface area contributed by atoms with E-state index < -0.39 is 12.1 Å². The smallest absolute Gasteiger partial charge is 0.251 e. The first-order valence-corrected chi connectivity index (χ1v) is 10.4. The molecule has 1 aromatic heterocycles. The number of para-hydroxylation sites is 1. The zero-order valence-electron chi connectivity index (χ0n) is 18.9. The SMILES string of the molecule is COc1ccccc1-c1noc(C(C)NC(=O)C(NC(=O)c2cccc(C)c2)C(C)C)n1. The van der Waals surface area contributed by atoms with Gasteiger partial charge in [-0.2, -0.15) is 4.98 Å². The number of rotatable bonds is 8. The molecule has 3 aromatic rings. The Kier molecular flexibility index (Phi) is 7.25. The third kappa shape index (κ3) is 5.32. The van der Waals surface area contributed by atoms with Gasteiger partial charge in [-0.05, 0) is 44.0 Å². The molecule has 0 spiro atoms. The summed E-state index contributed by atoms with van der Waals surface area (Å²) < 4.78 is 10.7. The highest BCUT2D eigenvalue weighted by Gasteiger charge is 2.27. The lowest BCUT2D eigenvalue weighted by atomic mass is 10.0. The minimum absolute atomic E-state index is 0.122. The second-order valence-corrected chi connectivity index (χ2v) is 7.95. The summed E-state index contributed by atoms with van der Waals surface area (Å²) in [6.07, 6.45) is 0. The van der Waals surface area contributed by atoms with Gasteiger partial charge in [0.25, 0.3) is 5.91 Å². The maximum Gasteiger partial charge on any atom is 0.251 e. The maximum atomic E-state index is 12.9. The molecule has 8 heteroatoms. The molecule has 2 aromatic carbocycles. The van der Waals surface area contributed by atoms with E-state index in [1.54, 1.807) is 32.2 Å². The van der Waals surface area contributed by atoms with Gasteiger partial charge in [-0.25, -0.2) is 0 Å². The Balaban J connectivity index is 1.70. The molecule has 2 unspecified atom stereocenters. The number of carbonyl (C=O) groups is 2. The van der Waals surface area contributed by atoms with Gasteiger partial charge in [0, 0.05) is 5.56 Å². The standard InChI is InChI=1S/C24H28N4O4/c1-14(2)20(26-22(29)17-10-8-9-15(3)13-17)23(30)25-16(4)24-27-21(28-32-24)18-11-6-7-12-19(18)31-5/h6-14,16,20H,1-5H3,(H,25,30)(H,26,29). The lowest BCUT2D eigenvalue weighted by Gasteiger charge is -2.23. The average Bonchev–Trinajstić information content (AvgIpc) is 3.27. The van der Waals surface area contributed by atoms with E-state index in [1.165, 1.54) is 0 Å². The molecule has 8 nitrogen and oxygen atoms in total. The summed E-state index contributed by atoms with van der Waals surface area (Å²) >= 11 is 0. The summed E-state index contributed by atoms with van der Waals surface area (Å²) in [5.74, 6) is 0.494. The largest absolute Gasteiger partial charge is 0.496 e. The van der Waals surface area contributed by atoms with Crippen LogP contribution >= 0.6 is 0 Å². The van der Waals surface area contributed by atoms with Crippen molar-refractivity contribution in [3.05, 3.63) is 65.5 Å². The molecule has 0 saturated carbocycles. The van der Waals surface area contributed by atoms with Crippen LogP contribution in [0.5, 0.6) is 5.75 Å². The first-order chi connectivity index (χ1) is 15.3. The van der Waals surface area contributed by atoms with Crippen molar-refractivity contribution in [3.8, 4) is 17.1 Å². The van der Waals surface area contributed by atoms with Gasteiger partial charge in [0.05, 0.1) is 12.7 Å². The lowest BCUT2D eigenvalue weighted by Crippen LogP contribution is -2.50. The van der Waals surface area contributed by atoms with Crippen molar-refractivity contribution in [2.75, 3.05) is 7.11 Å². The Labute approximate surface area is 187 Å². The van der Waals surface area contributed by atoms with E-state index in [0.29, 0.717) is 22.7 Å². The third-order valence-corrected chi connectivity index (χ3v) is 5.03. The number of methoxy groups -OCH3 is 1. The van der Waals surface area contributed by atoms with Crippen molar-refractivity contribution in [2.45, 2.75) is 39.8 Å². The van der Waals surface area contributed by atoms with Gasteiger partial charge in [-0.1, -0.05) is 48.8 Å². The zero-order valence-corrected chi connectivity index (χ0v) is 18.9. The van der Waals surface area contributed by atoms with Crippen LogP contribution in [0.3, 0.4) is 0 Å². The van der Waals surface area contributed by atoms with Crippen molar-refractivity contribution < 1.29 is 18.8 Å². The summed E-state index contributed by atoms with van der Waals surface area (Å²) in [5.41, 5.74) is 2.17. The van der Waals surface area contributed by atoms with Gasteiger partial charge in [-0.15, -0.1) is 0 Å². The van der Waals surface area contributed by atoms with Crippen LogP contribution in [0.2, 0.25) is 0 Å². The van der Waals surface area contributed by atoms with Crippen molar-refractivity contribution in [1.29, 1.82) is 0 Å². The van der Waals surface area contributed by atoms with Gasteiger partial charge in [0.2, 0.25) is 17.6 Å². The summed E-state index contributed by atoms with van der Waals surface area (Å²) in [6, 6.07) is 13.3. The molecule has 0 aliphatic rings. The average molecular weight is 437 g/mol. The second-order valence-electron chi connectivity index (χ2n) is 7.95. The number of amides is 2. The summed E-state index contributed by atoms with van der Waals surface area (Å²) in [7, 11) is 1.57. The van der Waals surface area contributed by atoms with Crippen molar-refractivity contribution in [2.24, 2.45) is 5.92 Å². The second kappa shape index (κ2) is 10.1. The topological polar surface area (TPSA) is 106 Å². The van der Waals surface area contributed by atoms with Crippen LogP contribution < -0.4 is 15.4 Å². The fourth-order valence-electron chi connectivity index (χ4n) is 3.26.